The quantitative estimate of drug-likeness (QED) is 0.547. The number of esters is 2. The van der Waals surface area contributed by atoms with Crippen LogP contribution in [-0.2, 0) is 4.74 Å². The number of rotatable bonds is 3. The Morgan fingerprint density at radius 2 is 1.61 bits per heavy atom. The Hall–Kier alpha value is -3.28. The van der Waals surface area contributed by atoms with Crippen molar-refractivity contribution in [2.45, 2.75) is 0 Å². The van der Waals surface area contributed by atoms with Crippen LogP contribution in [0.25, 0.3) is 11.0 Å². The van der Waals surface area contributed by atoms with Crippen molar-refractivity contribution in [3.63, 3.8) is 0 Å². The third-order valence-corrected chi connectivity index (χ3v) is 3.14. The molecule has 1 heterocycles. The Morgan fingerprint density at radius 3 is 2.30 bits per heavy atom. The van der Waals surface area contributed by atoms with Gasteiger partial charge in [0, 0.05) is 0 Å². The molecule has 6 heteroatoms. The van der Waals surface area contributed by atoms with Crippen LogP contribution in [0.2, 0.25) is 0 Å². The first kappa shape index (κ1) is 14.6. The normalized spacial score (nSPS) is 10.3. The van der Waals surface area contributed by atoms with Gasteiger partial charge in [-0.05, 0) is 36.4 Å². The van der Waals surface area contributed by atoms with Gasteiger partial charge in [0.2, 0.25) is 0 Å². The Bertz CT molecular complexity index is 875. The summed E-state index contributed by atoms with van der Waals surface area (Å²) < 4.78 is 9.83. The number of fused-ring (bicyclic) bond motifs is 1. The Balaban J connectivity index is 1.78. The molecule has 0 bridgehead atoms. The number of ether oxygens (including phenoxy) is 2. The van der Waals surface area contributed by atoms with E-state index in [0.29, 0.717) is 22.3 Å². The van der Waals surface area contributed by atoms with Crippen molar-refractivity contribution in [2.75, 3.05) is 7.11 Å². The highest BCUT2D eigenvalue weighted by atomic mass is 16.5. The van der Waals surface area contributed by atoms with Gasteiger partial charge < -0.3 is 9.47 Å². The Labute approximate surface area is 131 Å². The van der Waals surface area contributed by atoms with E-state index in [1.165, 1.54) is 37.6 Å². The number of para-hydroxylation sites is 2. The van der Waals surface area contributed by atoms with Crippen molar-refractivity contribution >= 4 is 23.0 Å². The minimum absolute atomic E-state index is 0.112. The molecule has 3 rings (SSSR count). The van der Waals surface area contributed by atoms with Crippen LogP contribution in [0.5, 0.6) is 5.75 Å². The fourth-order valence-corrected chi connectivity index (χ4v) is 1.99. The van der Waals surface area contributed by atoms with Crippen molar-refractivity contribution in [3.8, 4) is 5.75 Å². The van der Waals surface area contributed by atoms with Crippen LogP contribution in [0.1, 0.15) is 20.8 Å². The Morgan fingerprint density at radius 1 is 0.913 bits per heavy atom. The predicted molar refractivity (Wildman–Crippen MR) is 82.3 cm³/mol. The van der Waals surface area contributed by atoms with Crippen LogP contribution in [0.4, 0.5) is 0 Å². The molecule has 1 aromatic heterocycles. The molecule has 0 aliphatic rings. The summed E-state index contributed by atoms with van der Waals surface area (Å²) in [4.78, 5) is 31.8. The first-order chi connectivity index (χ1) is 11.2. The second-order valence-electron chi connectivity index (χ2n) is 4.65. The van der Waals surface area contributed by atoms with E-state index >= 15 is 0 Å². The molecule has 0 unspecified atom stereocenters. The van der Waals surface area contributed by atoms with Gasteiger partial charge >= 0.3 is 11.9 Å². The lowest BCUT2D eigenvalue weighted by molar-refractivity contribution is 0.0600. The first-order valence-electron chi connectivity index (χ1n) is 6.80. The lowest BCUT2D eigenvalue weighted by atomic mass is 10.2. The van der Waals surface area contributed by atoms with Gasteiger partial charge in [0.1, 0.15) is 5.75 Å². The largest absolute Gasteiger partial charge is 0.465 e. The van der Waals surface area contributed by atoms with Gasteiger partial charge in [0.05, 0.1) is 29.9 Å². The summed E-state index contributed by atoms with van der Waals surface area (Å²) in [6, 6.07) is 13.3. The van der Waals surface area contributed by atoms with Crippen molar-refractivity contribution in [3.05, 3.63) is 66.0 Å². The van der Waals surface area contributed by atoms with Gasteiger partial charge in [-0.1, -0.05) is 12.1 Å². The topological polar surface area (TPSA) is 78.4 Å². The number of carbonyl (C=O) groups is 2. The zero-order valence-corrected chi connectivity index (χ0v) is 12.2. The lowest BCUT2D eigenvalue weighted by Crippen LogP contribution is -2.11. The van der Waals surface area contributed by atoms with Gasteiger partial charge in [0.15, 0.2) is 5.69 Å². The van der Waals surface area contributed by atoms with Crippen LogP contribution in [0.3, 0.4) is 0 Å². The molecule has 6 nitrogen and oxygen atoms in total. The van der Waals surface area contributed by atoms with E-state index in [9.17, 15) is 9.59 Å². The minimum Gasteiger partial charge on any atom is -0.465 e. The van der Waals surface area contributed by atoms with E-state index in [1.807, 2.05) is 18.2 Å². The summed E-state index contributed by atoms with van der Waals surface area (Å²) >= 11 is 0. The maximum atomic E-state index is 12.1. The van der Waals surface area contributed by atoms with Crippen molar-refractivity contribution in [1.82, 2.24) is 9.97 Å². The third-order valence-electron chi connectivity index (χ3n) is 3.14. The van der Waals surface area contributed by atoms with E-state index in [4.69, 9.17) is 4.74 Å². The second kappa shape index (κ2) is 6.23. The highest BCUT2D eigenvalue weighted by Crippen LogP contribution is 2.15. The number of hydrogen-bond acceptors (Lipinski definition) is 6. The predicted octanol–water partition coefficient (Wildman–Crippen LogP) is 2.64. The zero-order chi connectivity index (χ0) is 16.2. The van der Waals surface area contributed by atoms with E-state index in [-0.39, 0.29) is 5.69 Å². The van der Waals surface area contributed by atoms with Crippen molar-refractivity contribution < 1.29 is 19.1 Å². The minimum atomic E-state index is -0.617. The van der Waals surface area contributed by atoms with Crippen LogP contribution >= 0.6 is 0 Å². The molecule has 0 N–H and O–H groups in total. The smallest absolute Gasteiger partial charge is 0.363 e. The van der Waals surface area contributed by atoms with Gasteiger partial charge in [-0.2, -0.15) is 0 Å². The summed E-state index contributed by atoms with van der Waals surface area (Å²) in [5, 5.41) is 0. The van der Waals surface area contributed by atoms with Crippen molar-refractivity contribution in [1.29, 1.82) is 0 Å². The molecule has 0 saturated heterocycles. The average Bonchev–Trinajstić information content (AvgIpc) is 2.61. The number of carbonyl (C=O) groups excluding carboxylic acids is 2. The number of methoxy groups -OCH3 is 1. The molecule has 0 aliphatic heterocycles. The molecule has 0 radical (unpaired) electrons. The van der Waals surface area contributed by atoms with Gasteiger partial charge in [-0.15, -0.1) is 0 Å². The molecule has 2 aromatic carbocycles. The first-order valence-corrected chi connectivity index (χ1v) is 6.80. The standard InChI is InChI=1S/C17H12N2O4/c1-22-16(20)11-6-8-12(9-7-11)23-17(21)15-10-18-13-4-2-3-5-14(13)19-15/h2-10H,1H3. The number of hydrogen-bond donors (Lipinski definition) is 0. The molecule has 0 amide bonds. The molecule has 0 saturated carbocycles. The molecular weight excluding hydrogens is 296 g/mol. The van der Waals surface area contributed by atoms with Crippen LogP contribution in [0.15, 0.2) is 54.7 Å². The maximum absolute atomic E-state index is 12.1. The Kier molecular flexibility index (Phi) is 3.97. The summed E-state index contributed by atoms with van der Waals surface area (Å²) in [5.41, 5.74) is 1.80. The highest BCUT2D eigenvalue weighted by molar-refractivity contribution is 5.91. The summed E-state index contributed by atoms with van der Waals surface area (Å²) in [7, 11) is 1.30. The molecule has 0 spiro atoms. The third kappa shape index (κ3) is 3.16. The van der Waals surface area contributed by atoms with E-state index in [0.717, 1.165) is 0 Å². The molecular formula is C17H12N2O4. The van der Waals surface area contributed by atoms with Crippen LogP contribution < -0.4 is 4.74 Å². The lowest BCUT2D eigenvalue weighted by Gasteiger charge is -2.05. The van der Waals surface area contributed by atoms with Crippen LogP contribution in [-0.4, -0.2) is 29.0 Å². The van der Waals surface area contributed by atoms with Gasteiger partial charge in [-0.25, -0.2) is 14.6 Å². The number of benzene rings is 2. The van der Waals surface area contributed by atoms with E-state index in [2.05, 4.69) is 14.7 Å². The average molecular weight is 308 g/mol. The summed E-state index contributed by atoms with van der Waals surface area (Å²) in [5.74, 6) is -0.769. The molecule has 114 valence electrons. The van der Waals surface area contributed by atoms with Gasteiger partial charge in [-0.3, -0.25) is 4.98 Å². The summed E-state index contributed by atoms with van der Waals surface area (Å²) in [6.07, 6.45) is 1.37. The molecule has 0 atom stereocenters. The molecule has 23 heavy (non-hydrogen) atoms. The van der Waals surface area contributed by atoms with Crippen molar-refractivity contribution in [2.24, 2.45) is 0 Å². The molecule has 3 aromatic rings. The highest BCUT2D eigenvalue weighted by Gasteiger charge is 2.12. The fourth-order valence-electron chi connectivity index (χ4n) is 1.99. The van der Waals surface area contributed by atoms with E-state index < -0.39 is 11.9 Å². The molecule has 0 aliphatic carbocycles. The fraction of sp³-hybridized carbons (Fsp3) is 0.0588. The van der Waals surface area contributed by atoms with E-state index in [1.54, 1.807) is 6.07 Å². The summed E-state index contributed by atoms with van der Waals surface area (Å²) in [6.45, 7) is 0. The number of nitrogens with zero attached hydrogens (tertiary/aromatic N) is 2. The van der Waals surface area contributed by atoms with Crippen LogP contribution in [0, 0.1) is 0 Å². The second-order valence-corrected chi connectivity index (χ2v) is 4.65. The molecule has 0 fully saturated rings. The zero-order valence-electron chi connectivity index (χ0n) is 12.2. The monoisotopic (exact) mass is 308 g/mol. The maximum Gasteiger partial charge on any atom is 0.363 e. The van der Waals surface area contributed by atoms with Gasteiger partial charge in [0.25, 0.3) is 0 Å². The number of aromatic nitrogens is 2. The SMILES string of the molecule is COC(=O)c1ccc(OC(=O)c2cnc3ccccc3n2)cc1.